The number of carbonyl (C=O) groups is 1. The molecule has 5 heteroatoms. The second kappa shape index (κ2) is 8.25. The van der Waals surface area contributed by atoms with Crippen LogP contribution in [0, 0.1) is 5.92 Å². The van der Waals surface area contributed by atoms with E-state index in [0.717, 1.165) is 38.2 Å². The lowest BCUT2D eigenvalue weighted by Gasteiger charge is -2.19. The van der Waals surface area contributed by atoms with E-state index in [1.807, 2.05) is 25.2 Å². The summed E-state index contributed by atoms with van der Waals surface area (Å²) in [5.74, 6) is 1.50. The van der Waals surface area contributed by atoms with Gasteiger partial charge in [0.2, 0.25) is 5.91 Å². The molecule has 1 aliphatic heterocycles. The molecule has 1 aromatic rings. The van der Waals surface area contributed by atoms with Crippen LogP contribution in [-0.2, 0) is 4.79 Å². The first-order valence-corrected chi connectivity index (χ1v) is 7.86. The van der Waals surface area contributed by atoms with Gasteiger partial charge in [-0.3, -0.25) is 4.79 Å². The Kier molecular flexibility index (Phi) is 6.33. The summed E-state index contributed by atoms with van der Waals surface area (Å²) in [6.07, 6.45) is 2.58. The molecular weight excluding hydrogens is 288 g/mol. The van der Waals surface area contributed by atoms with E-state index in [1.165, 1.54) is 0 Å². The molecule has 1 amide bonds. The first-order chi connectivity index (χ1) is 10.1. The zero-order valence-electron chi connectivity index (χ0n) is 12.5. The van der Waals surface area contributed by atoms with Gasteiger partial charge < -0.3 is 15.0 Å². The maximum Gasteiger partial charge on any atom is 0.222 e. The van der Waals surface area contributed by atoms with E-state index in [-0.39, 0.29) is 5.91 Å². The number of hydrogen-bond acceptors (Lipinski definition) is 3. The molecule has 1 atom stereocenters. The van der Waals surface area contributed by atoms with Crippen LogP contribution in [0.2, 0.25) is 5.02 Å². The standard InChI is InChI=1S/C16H23ClN2O2/c1-19(16(20)10-13-6-7-18-12-13)8-3-9-21-15-5-2-4-14(17)11-15/h2,4-5,11,13,18H,3,6-10,12H2,1H3/t13-/m1/s1. The van der Waals surface area contributed by atoms with E-state index in [0.29, 0.717) is 24.0 Å². The highest BCUT2D eigenvalue weighted by atomic mass is 35.5. The Morgan fingerprint density at radius 3 is 3.10 bits per heavy atom. The SMILES string of the molecule is CN(CCCOc1cccc(Cl)c1)C(=O)C[C@H]1CCNC1. The van der Waals surface area contributed by atoms with Crippen molar-refractivity contribution in [2.75, 3.05) is 33.3 Å². The number of amides is 1. The van der Waals surface area contributed by atoms with Crippen LogP contribution in [0.3, 0.4) is 0 Å². The van der Waals surface area contributed by atoms with E-state index in [2.05, 4.69) is 5.32 Å². The number of hydrogen-bond donors (Lipinski definition) is 1. The van der Waals surface area contributed by atoms with Crippen molar-refractivity contribution in [3.8, 4) is 5.75 Å². The lowest BCUT2D eigenvalue weighted by Crippen LogP contribution is -2.30. The second-order valence-electron chi connectivity index (χ2n) is 5.54. The maximum absolute atomic E-state index is 12.0. The summed E-state index contributed by atoms with van der Waals surface area (Å²) in [5, 5.41) is 3.96. The summed E-state index contributed by atoms with van der Waals surface area (Å²) in [6, 6.07) is 7.36. The molecule has 1 heterocycles. The van der Waals surface area contributed by atoms with Gasteiger partial charge in [-0.2, -0.15) is 0 Å². The van der Waals surface area contributed by atoms with Crippen LogP contribution in [-0.4, -0.2) is 44.1 Å². The van der Waals surface area contributed by atoms with Crippen molar-refractivity contribution in [1.29, 1.82) is 0 Å². The fourth-order valence-electron chi connectivity index (χ4n) is 2.46. The van der Waals surface area contributed by atoms with Gasteiger partial charge in [-0.05, 0) is 50.0 Å². The van der Waals surface area contributed by atoms with Gasteiger partial charge in [0.15, 0.2) is 0 Å². The zero-order chi connectivity index (χ0) is 15.1. The zero-order valence-corrected chi connectivity index (χ0v) is 13.2. The van der Waals surface area contributed by atoms with Crippen LogP contribution in [0.5, 0.6) is 5.75 Å². The van der Waals surface area contributed by atoms with Gasteiger partial charge in [0.25, 0.3) is 0 Å². The molecule has 0 bridgehead atoms. The molecule has 0 saturated carbocycles. The number of rotatable bonds is 7. The Bertz CT molecular complexity index is 461. The van der Waals surface area contributed by atoms with E-state index in [4.69, 9.17) is 16.3 Å². The summed E-state index contributed by atoms with van der Waals surface area (Å²) in [4.78, 5) is 13.9. The quantitative estimate of drug-likeness (QED) is 0.787. The van der Waals surface area contributed by atoms with Gasteiger partial charge >= 0.3 is 0 Å². The molecule has 116 valence electrons. The van der Waals surface area contributed by atoms with Crippen molar-refractivity contribution in [2.45, 2.75) is 19.3 Å². The van der Waals surface area contributed by atoms with Crippen LogP contribution in [0.4, 0.5) is 0 Å². The number of carbonyl (C=O) groups excluding carboxylic acids is 1. The van der Waals surface area contributed by atoms with Gasteiger partial charge in [-0.15, -0.1) is 0 Å². The molecule has 21 heavy (non-hydrogen) atoms. The van der Waals surface area contributed by atoms with Crippen molar-refractivity contribution < 1.29 is 9.53 Å². The highest BCUT2D eigenvalue weighted by Crippen LogP contribution is 2.17. The fraction of sp³-hybridized carbons (Fsp3) is 0.562. The predicted octanol–water partition coefficient (Wildman–Crippen LogP) is 2.57. The molecule has 1 fully saturated rings. The molecular formula is C16H23ClN2O2. The van der Waals surface area contributed by atoms with Crippen molar-refractivity contribution in [2.24, 2.45) is 5.92 Å². The van der Waals surface area contributed by atoms with Crippen LogP contribution in [0.25, 0.3) is 0 Å². The van der Waals surface area contributed by atoms with Crippen molar-refractivity contribution in [3.05, 3.63) is 29.3 Å². The Morgan fingerprint density at radius 1 is 1.52 bits per heavy atom. The average Bonchev–Trinajstić information content (AvgIpc) is 2.96. The van der Waals surface area contributed by atoms with E-state index >= 15 is 0 Å². The molecule has 4 nitrogen and oxygen atoms in total. The maximum atomic E-state index is 12.0. The largest absolute Gasteiger partial charge is 0.493 e. The summed E-state index contributed by atoms with van der Waals surface area (Å²) < 4.78 is 5.62. The summed E-state index contributed by atoms with van der Waals surface area (Å²) in [7, 11) is 1.87. The van der Waals surface area contributed by atoms with Crippen LogP contribution in [0.1, 0.15) is 19.3 Å². The highest BCUT2D eigenvalue weighted by Gasteiger charge is 2.19. The van der Waals surface area contributed by atoms with Gasteiger partial charge in [0.05, 0.1) is 6.61 Å². The summed E-state index contributed by atoms with van der Waals surface area (Å²) in [5.41, 5.74) is 0. The first-order valence-electron chi connectivity index (χ1n) is 7.48. The Balaban J connectivity index is 1.62. The Hall–Kier alpha value is -1.26. The third kappa shape index (κ3) is 5.56. The normalized spacial score (nSPS) is 17.7. The molecule has 0 aromatic heterocycles. The van der Waals surface area contributed by atoms with Gasteiger partial charge in [-0.25, -0.2) is 0 Å². The Labute approximate surface area is 131 Å². The van der Waals surface area contributed by atoms with E-state index in [9.17, 15) is 4.79 Å². The number of ether oxygens (including phenoxy) is 1. The summed E-state index contributed by atoms with van der Waals surface area (Å²) >= 11 is 5.89. The Morgan fingerprint density at radius 2 is 2.38 bits per heavy atom. The minimum absolute atomic E-state index is 0.228. The highest BCUT2D eigenvalue weighted by molar-refractivity contribution is 6.30. The monoisotopic (exact) mass is 310 g/mol. The number of halogens is 1. The molecule has 0 unspecified atom stereocenters. The average molecular weight is 311 g/mol. The third-order valence-electron chi connectivity index (χ3n) is 3.75. The molecule has 1 N–H and O–H groups in total. The molecule has 1 aromatic carbocycles. The number of nitrogens with zero attached hydrogens (tertiary/aromatic N) is 1. The van der Waals surface area contributed by atoms with Gasteiger partial charge in [-0.1, -0.05) is 17.7 Å². The third-order valence-corrected chi connectivity index (χ3v) is 3.99. The molecule has 0 aliphatic carbocycles. The first kappa shape index (κ1) is 16.1. The molecule has 1 aliphatic rings. The van der Waals surface area contributed by atoms with Crippen LogP contribution in [0.15, 0.2) is 24.3 Å². The van der Waals surface area contributed by atoms with Crippen molar-refractivity contribution in [3.63, 3.8) is 0 Å². The van der Waals surface area contributed by atoms with Crippen LogP contribution >= 0.6 is 11.6 Å². The smallest absolute Gasteiger partial charge is 0.222 e. The minimum Gasteiger partial charge on any atom is -0.493 e. The summed E-state index contributed by atoms with van der Waals surface area (Å²) in [6.45, 7) is 3.31. The molecule has 0 spiro atoms. The van der Waals surface area contributed by atoms with E-state index < -0.39 is 0 Å². The lowest BCUT2D eigenvalue weighted by molar-refractivity contribution is -0.130. The van der Waals surface area contributed by atoms with E-state index in [1.54, 1.807) is 11.0 Å². The fourth-order valence-corrected chi connectivity index (χ4v) is 2.64. The number of nitrogens with one attached hydrogen (secondary N) is 1. The predicted molar refractivity (Wildman–Crippen MR) is 84.8 cm³/mol. The van der Waals surface area contributed by atoms with Gasteiger partial charge in [0, 0.05) is 25.0 Å². The lowest BCUT2D eigenvalue weighted by atomic mass is 10.0. The second-order valence-corrected chi connectivity index (χ2v) is 5.97. The van der Waals surface area contributed by atoms with Crippen molar-refractivity contribution >= 4 is 17.5 Å². The number of benzene rings is 1. The van der Waals surface area contributed by atoms with Crippen LogP contribution < -0.4 is 10.1 Å². The topological polar surface area (TPSA) is 41.6 Å². The van der Waals surface area contributed by atoms with Crippen molar-refractivity contribution in [1.82, 2.24) is 10.2 Å². The molecule has 0 radical (unpaired) electrons. The minimum atomic E-state index is 0.228. The van der Waals surface area contributed by atoms with Gasteiger partial charge in [0.1, 0.15) is 5.75 Å². The molecule has 1 saturated heterocycles. The molecule has 2 rings (SSSR count).